The van der Waals surface area contributed by atoms with Crippen molar-refractivity contribution in [3.05, 3.63) is 65.2 Å². The molecule has 5 heteroatoms. The number of unbranched alkanes of at least 4 members (excludes halogenated alkanes) is 1. The fraction of sp³-hybridized carbons (Fsp3) is 0.333. The Balaban J connectivity index is 1.26. The molecule has 1 heterocycles. The number of hydrogen-bond acceptors (Lipinski definition) is 4. The van der Waals surface area contributed by atoms with Gasteiger partial charge in [-0.15, -0.1) is 0 Å². The van der Waals surface area contributed by atoms with E-state index in [9.17, 15) is 4.79 Å². The van der Waals surface area contributed by atoms with Crippen LogP contribution in [0.4, 0.5) is 0 Å². The summed E-state index contributed by atoms with van der Waals surface area (Å²) in [4.78, 5) is 12.0. The van der Waals surface area contributed by atoms with Crippen LogP contribution in [0.1, 0.15) is 34.3 Å². The smallest absolute Gasteiger partial charge is 0.251 e. The third kappa shape index (κ3) is 4.84. The van der Waals surface area contributed by atoms with E-state index in [2.05, 4.69) is 16.7 Å². The maximum Gasteiger partial charge on any atom is 0.251 e. The van der Waals surface area contributed by atoms with Crippen LogP contribution in [0.15, 0.2) is 48.5 Å². The molecule has 1 aliphatic rings. The number of para-hydroxylation sites is 1. The second-order valence-electron chi connectivity index (χ2n) is 6.41. The largest absolute Gasteiger partial charge is 0.488 e. The molecule has 134 valence electrons. The van der Waals surface area contributed by atoms with Gasteiger partial charge in [0.05, 0.1) is 11.6 Å². The van der Waals surface area contributed by atoms with Gasteiger partial charge in [0.15, 0.2) is 0 Å². The average Bonchev–Trinajstić information content (AvgIpc) is 3.10. The van der Waals surface area contributed by atoms with Gasteiger partial charge < -0.3 is 15.4 Å². The summed E-state index contributed by atoms with van der Waals surface area (Å²) in [5, 5.41) is 15.2. The lowest BCUT2D eigenvalue weighted by Gasteiger charge is -2.12. The molecule has 0 saturated carbocycles. The number of nitriles is 1. The fourth-order valence-corrected chi connectivity index (χ4v) is 3.04. The van der Waals surface area contributed by atoms with E-state index in [4.69, 9.17) is 10.00 Å². The Hall–Kier alpha value is -2.84. The number of amides is 1. The summed E-state index contributed by atoms with van der Waals surface area (Å²) in [5.74, 6) is 0.870. The van der Waals surface area contributed by atoms with E-state index in [1.54, 1.807) is 24.3 Å². The van der Waals surface area contributed by atoms with Crippen LogP contribution in [0.25, 0.3) is 0 Å². The molecule has 26 heavy (non-hydrogen) atoms. The molecule has 0 spiro atoms. The minimum atomic E-state index is -0.132. The molecule has 0 aromatic heterocycles. The topological polar surface area (TPSA) is 74.2 Å². The first kappa shape index (κ1) is 18.0. The Morgan fingerprint density at radius 3 is 2.85 bits per heavy atom. The Labute approximate surface area is 154 Å². The molecule has 2 N–H and O–H groups in total. The zero-order valence-electron chi connectivity index (χ0n) is 14.7. The zero-order valence-corrected chi connectivity index (χ0v) is 14.7. The van der Waals surface area contributed by atoms with Crippen LogP contribution < -0.4 is 15.4 Å². The summed E-state index contributed by atoms with van der Waals surface area (Å²) in [6, 6.07) is 17.0. The summed E-state index contributed by atoms with van der Waals surface area (Å²) in [5.41, 5.74) is 2.31. The first-order valence-corrected chi connectivity index (χ1v) is 9.00. The summed E-state index contributed by atoms with van der Waals surface area (Å²) in [6.07, 6.45) is 3.06. The van der Waals surface area contributed by atoms with Gasteiger partial charge in [0.1, 0.15) is 11.9 Å². The standard InChI is InChI=1S/C21H23N3O2/c22-14-16-6-5-8-18(12-16)21(25)24-11-4-3-10-23-15-19-13-17-7-1-2-9-20(17)26-19/h1-2,5-9,12,19,23H,3-4,10-11,13,15H2,(H,24,25). The minimum Gasteiger partial charge on any atom is -0.488 e. The maximum absolute atomic E-state index is 12.0. The molecule has 0 saturated heterocycles. The quantitative estimate of drug-likeness (QED) is 0.719. The number of hydrogen-bond donors (Lipinski definition) is 2. The molecule has 3 rings (SSSR count). The number of ether oxygens (including phenoxy) is 1. The van der Waals surface area contributed by atoms with Crippen LogP contribution in [-0.2, 0) is 6.42 Å². The lowest BCUT2D eigenvalue weighted by Crippen LogP contribution is -2.31. The van der Waals surface area contributed by atoms with Crippen molar-refractivity contribution < 1.29 is 9.53 Å². The number of carbonyl (C=O) groups excluding carboxylic acids is 1. The van der Waals surface area contributed by atoms with E-state index < -0.39 is 0 Å². The Morgan fingerprint density at radius 1 is 1.15 bits per heavy atom. The van der Waals surface area contributed by atoms with E-state index in [1.807, 2.05) is 24.3 Å². The van der Waals surface area contributed by atoms with E-state index in [0.717, 1.165) is 38.1 Å². The summed E-state index contributed by atoms with van der Waals surface area (Å²) >= 11 is 0. The molecule has 1 unspecified atom stereocenters. The highest BCUT2D eigenvalue weighted by Crippen LogP contribution is 2.27. The van der Waals surface area contributed by atoms with Crippen molar-refractivity contribution in [2.45, 2.75) is 25.4 Å². The number of rotatable bonds is 8. The van der Waals surface area contributed by atoms with Crippen molar-refractivity contribution in [1.82, 2.24) is 10.6 Å². The van der Waals surface area contributed by atoms with Gasteiger partial charge >= 0.3 is 0 Å². The Morgan fingerprint density at radius 2 is 2.00 bits per heavy atom. The molecule has 1 atom stereocenters. The van der Waals surface area contributed by atoms with Crippen molar-refractivity contribution >= 4 is 5.91 Å². The molecular formula is C21H23N3O2. The molecular weight excluding hydrogens is 326 g/mol. The van der Waals surface area contributed by atoms with Crippen molar-refractivity contribution in [3.63, 3.8) is 0 Å². The molecule has 5 nitrogen and oxygen atoms in total. The van der Waals surface area contributed by atoms with Crippen LogP contribution in [0.3, 0.4) is 0 Å². The average molecular weight is 349 g/mol. The van der Waals surface area contributed by atoms with Gasteiger partial charge in [0.2, 0.25) is 0 Å². The molecule has 2 aromatic carbocycles. The highest BCUT2D eigenvalue weighted by molar-refractivity contribution is 5.94. The summed E-state index contributed by atoms with van der Waals surface area (Å²) in [7, 11) is 0. The van der Waals surface area contributed by atoms with E-state index in [0.29, 0.717) is 17.7 Å². The Bertz CT molecular complexity index is 773. The number of fused-ring (bicyclic) bond motifs is 1. The van der Waals surface area contributed by atoms with Gasteiger partial charge in [0, 0.05) is 25.1 Å². The second kappa shape index (κ2) is 9.02. The summed E-state index contributed by atoms with van der Waals surface area (Å²) in [6.45, 7) is 2.36. The molecule has 2 aromatic rings. The van der Waals surface area contributed by atoms with Gasteiger partial charge in [0.25, 0.3) is 5.91 Å². The molecule has 0 fully saturated rings. The van der Waals surface area contributed by atoms with Gasteiger partial charge in [-0.2, -0.15) is 5.26 Å². The predicted molar refractivity (Wildman–Crippen MR) is 100 cm³/mol. The number of nitrogens with zero attached hydrogens (tertiary/aromatic N) is 1. The van der Waals surface area contributed by atoms with Crippen LogP contribution in [0.5, 0.6) is 5.75 Å². The minimum absolute atomic E-state index is 0.132. The van der Waals surface area contributed by atoms with Crippen molar-refractivity contribution in [2.24, 2.45) is 0 Å². The number of benzene rings is 2. The van der Waals surface area contributed by atoms with E-state index in [1.165, 1.54) is 5.56 Å². The fourth-order valence-electron chi connectivity index (χ4n) is 3.04. The van der Waals surface area contributed by atoms with Crippen molar-refractivity contribution in [1.29, 1.82) is 5.26 Å². The maximum atomic E-state index is 12.0. The van der Waals surface area contributed by atoms with E-state index >= 15 is 0 Å². The van der Waals surface area contributed by atoms with Crippen molar-refractivity contribution in [2.75, 3.05) is 19.6 Å². The van der Waals surface area contributed by atoms with Gasteiger partial charge in [-0.25, -0.2) is 0 Å². The first-order valence-electron chi connectivity index (χ1n) is 9.00. The highest BCUT2D eigenvalue weighted by atomic mass is 16.5. The molecule has 1 aliphatic heterocycles. The zero-order chi connectivity index (χ0) is 18.2. The van der Waals surface area contributed by atoms with Gasteiger partial charge in [-0.3, -0.25) is 4.79 Å². The third-order valence-electron chi connectivity index (χ3n) is 4.41. The molecule has 0 radical (unpaired) electrons. The monoisotopic (exact) mass is 349 g/mol. The molecule has 0 aliphatic carbocycles. The second-order valence-corrected chi connectivity index (χ2v) is 6.41. The van der Waals surface area contributed by atoms with Crippen LogP contribution in [0, 0.1) is 11.3 Å². The SMILES string of the molecule is N#Cc1cccc(C(=O)NCCCCNCC2Cc3ccccc3O2)c1. The number of nitrogens with one attached hydrogen (secondary N) is 2. The Kier molecular flexibility index (Phi) is 6.24. The molecule has 0 bridgehead atoms. The van der Waals surface area contributed by atoms with Crippen molar-refractivity contribution in [3.8, 4) is 11.8 Å². The molecule has 1 amide bonds. The predicted octanol–water partition coefficient (Wildman–Crippen LogP) is 2.66. The van der Waals surface area contributed by atoms with Gasteiger partial charge in [-0.05, 0) is 49.2 Å². The van der Waals surface area contributed by atoms with Crippen LogP contribution >= 0.6 is 0 Å². The van der Waals surface area contributed by atoms with E-state index in [-0.39, 0.29) is 12.0 Å². The number of carbonyl (C=O) groups is 1. The summed E-state index contributed by atoms with van der Waals surface area (Å²) < 4.78 is 5.89. The van der Waals surface area contributed by atoms with Gasteiger partial charge in [-0.1, -0.05) is 24.3 Å². The third-order valence-corrected chi connectivity index (χ3v) is 4.41. The van der Waals surface area contributed by atoms with Crippen LogP contribution in [-0.4, -0.2) is 31.6 Å². The van der Waals surface area contributed by atoms with Crippen LogP contribution in [0.2, 0.25) is 0 Å². The highest BCUT2D eigenvalue weighted by Gasteiger charge is 2.21. The first-order chi connectivity index (χ1) is 12.8. The normalized spacial score (nSPS) is 15.0. The lowest BCUT2D eigenvalue weighted by atomic mass is 10.1. The lowest BCUT2D eigenvalue weighted by molar-refractivity contribution is 0.0953.